The number of carbonyl (C=O) groups is 1. The molecule has 0 heterocycles. The Morgan fingerprint density at radius 2 is 1.68 bits per heavy atom. The number of benzene rings is 2. The predicted molar refractivity (Wildman–Crippen MR) is 86.8 cm³/mol. The summed E-state index contributed by atoms with van der Waals surface area (Å²) in [4.78, 5) is 11.3. The smallest absolute Gasteiger partial charge is 0.305 e. The van der Waals surface area contributed by atoms with Crippen molar-refractivity contribution < 1.29 is 14.3 Å². The summed E-state index contributed by atoms with van der Waals surface area (Å²) in [5, 5.41) is 0. The molecule has 0 unspecified atom stereocenters. The maximum Gasteiger partial charge on any atom is 0.305 e. The van der Waals surface area contributed by atoms with E-state index in [1.807, 2.05) is 61.5 Å². The highest BCUT2D eigenvalue weighted by atomic mass is 16.5. The molecule has 0 atom stereocenters. The molecule has 116 valence electrons. The zero-order valence-corrected chi connectivity index (χ0v) is 13.0. The maximum atomic E-state index is 11.3. The molecule has 0 aliphatic rings. The van der Waals surface area contributed by atoms with Gasteiger partial charge in [0.1, 0.15) is 12.4 Å². The van der Waals surface area contributed by atoms with Crippen molar-refractivity contribution in [3.63, 3.8) is 0 Å². The fourth-order valence-corrected chi connectivity index (χ4v) is 2.16. The Labute approximate surface area is 131 Å². The van der Waals surface area contributed by atoms with Crippen LogP contribution in [-0.4, -0.2) is 12.6 Å². The zero-order chi connectivity index (χ0) is 15.6. The van der Waals surface area contributed by atoms with Crippen molar-refractivity contribution in [3.8, 4) is 5.75 Å². The van der Waals surface area contributed by atoms with Crippen LogP contribution in [0.1, 0.15) is 30.9 Å². The molecule has 0 saturated heterocycles. The van der Waals surface area contributed by atoms with Gasteiger partial charge in [-0.25, -0.2) is 0 Å². The van der Waals surface area contributed by atoms with Gasteiger partial charge < -0.3 is 9.47 Å². The molecule has 0 aromatic heterocycles. The van der Waals surface area contributed by atoms with Gasteiger partial charge >= 0.3 is 5.97 Å². The van der Waals surface area contributed by atoms with E-state index in [1.54, 1.807) is 0 Å². The standard InChI is InChI=1S/C19H22O3/c1-2-21-19(20)10-6-9-16-11-13-18(14-12-16)22-15-17-7-4-3-5-8-17/h3-5,7-8,11-14H,2,6,9-10,15H2,1H3. The fourth-order valence-electron chi connectivity index (χ4n) is 2.16. The average Bonchev–Trinajstić information content (AvgIpc) is 2.55. The average molecular weight is 298 g/mol. The summed E-state index contributed by atoms with van der Waals surface area (Å²) in [5.41, 5.74) is 2.36. The molecular formula is C19H22O3. The Morgan fingerprint density at radius 3 is 2.36 bits per heavy atom. The second-order valence-electron chi connectivity index (χ2n) is 5.08. The Morgan fingerprint density at radius 1 is 0.955 bits per heavy atom. The van der Waals surface area contributed by atoms with Gasteiger partial charge in [0, 0.05) is 6.42 Å². The molecule has 22 heavy (non-hydrogen) atoms. The Balaban J connectivity index is 1.74. The summed E-state index contributed by atoms with van der Waals surface area (Å²) in [5.74, 6) is 0.739. The zero-order valence-electron chi connectivity index (χ0n) is 13.0. The lowest BCUT2D eigenvalue weighted by Gasteiger charge is -2.07. The monoisotopic (exact) mass is 298 g/mol. The summed E-state index contributed by atoms with van der Waals surface area (Å²) in [7, 11) is 0. The van der Waals surface area contributed by atoms with E-state index in [-0.39, 0.29) is 5.97 Å². The van der Waals surface area contributed by atoms with Gasteiger partial charge in [-0.15, -0.1) is 0 Å². The van der Waals surface area contributed by atoms with Crippen molar-refractivity contribution in [2.75, 3.05) is 6.61 Å². The lowest BCUT2D eigenvalue weighted by molar-refractivity contribution is -0.143. The van der Waals surface area contributed by atoms with Gasteiger partial charge in [-0.1, -0.05) is 42.5 Å². The minimum Gasteiger partial charge on any atom is -0.489 e. The minimum absolute atomic E-state index is 0.120. The third kappa shape index (κ3) is 5.60. The van der Waals surface area contributed by atoms with E-state index in [0.717, 1.165) is 24.2 Å². The van der Waals surface area contributed by atoms with Crippen LogP contribution in [0.25, 0.3) is 0 Å². The fraction of sp³-hybridized carbons (Fsp3) is 0.316. The van der Waals surface area contributed by atoms with Gasteiger partial charge in [-0.3, -0.25) is 4.79 Å². The molecule has 2 rings (SSSR count). The number of hydrogen-bond donors (Lipinski definition) is 0. The van der Waals surface area contributed by atoms with E-state index in [2.05, 4.69) is 0 Å². The number of aryl methyl sites for hydroxylation is 1. The van der Waals surface area contributed by atoms with Crippen LogP contribution in [0.15, 0.2) is 54.6 Å². The number of ether oxygens (including phenoxy) is 2. The van der Waals surface area contributed by atoms with Crippen LogP contribution in [0.3, 0.4) is 0 Å². The van der Waals surface area contributed by atoms with Crippen LogP contribution in [0.4, 0.5) is 0 Å². The summed E-state index contributed by atoms with van der Waals surface area (Å²) >= 11 is 0. The Hall–Kier alpha value is -2.29. The lowest BCUT2D eigenvalue weighted by atomic mass is 10.1. The van der Waals surface area contributed by atoms with Gasteiger partial charge in [0.15, 0.2) is 0 Å². The molecule has 0 aliphatic heterocycles. The predicted octanol–water partition coefficient (Wildman–Crippen LogP) is 4.15. The number of rotatable bonds is 8. The molecule has 0 fully saturated rings. The topological polar surface area (TPSA) is 35.5 Å². The van der Waals surface area contributed by atoms with Crippen molar-refractivity contribution in [1.29, 1.82) is 0 Å². The molecule has 0 bridgehead atoms. The highest BCUT2D eigenvalue weighted by Crippen LogP contribution is 2.15. The first kappa shape index (κ1) is 16.1. The number of carbonyl (C=O) groups excluding carboxylic acids is 1. The van der Waals surface area contributed by atoms with Gasteiger partial charge in [0.25, 0.3) is 0 Å². The first-order valence-electron chi connectivity index (χ1n) is 7.69. The second-order valence-corrected chi connectivity index (χ2v) is 5.08. The van der Waals surface area contributed by atoms with Crippen molar-refractivity contribution in [3.05, 3.63) is 65.7 Å². The molecule has 3 heteroatoms. The molecule has 0 saturated carbocycles. The van der Waals surface area contributed by atoms with E-state index < -0.39 is 0 Å². The first-order valence-corrected chi connectivity index (χ1v) is 7.69. The molecule has 0 N–H and O–H groups in total. The van der Waals surface area contributed by atoms with E-state index in [4.69, 9.17) is 9.47 Å². The third-order valence-corrected chi connectivity index (χ3v) is 3.32. The SMILES string of the molecule is CCOC(=O)CCCc1ccc(OCc2ccccc2)cc1. The molecule has 0 radical (unpaired) electrons. The molecule has 0 spiro atoms. The van der Waals surface area contributed by atoms with Crippen molar-refractivity contribution in [2.24, 2.45) is 0 Å². The minimum atomic E-state index is -0.120. The van der Waals surface area contributed by atoms with Crippen LogP contribution in [0.2, 0.25) is 0 Å². The van der Waals surface area contributed by atoms with E-state index in [0.29, 0.717) is 19.6 Å². The van der Waals surface area contributed by atoms with Crippen molar-refractivity contribution >= 4 is 5.97 Å². The highest BCUT2D eigenvalue weighted by molar-refractivity contribution is 5.69. The Bertz CT molecular complexity index is 561. The second kappa shape index (κ2) is 8.88. The first-order chi connectivity index (χ1) is 10.8. The highest BCUT2D eigenvalue weighted by Gasteiger charge is 2.02. The maximum absolute atomic E-state index is 11.3. The molecule has 0 aliphatic carbocycles. The van der Waals surface area contributed by atoms with E-state index in [1.165, 1.54) is 5.56 Å². The molecule has 0 amide bonds. The van der Waals surface area contributed by atoms with Gasteiger partial charge in [0.05, 0.1) is 6.61 Å². The molecular weight excluding hydrogens is 276 g/mol. The van der Waals surface area contributed by atoms with Crippen LogP contribution < -0.4 is 4.74 Å². The largest absolute Gasteiger partial charge is 0.489 e. The molecule has 2 aromatic rings. The van der Waals surface area contributed by atoms with Gasteiger partial charge in [-0.2, -0.15) is 0 Å². The van der Waals surface area contributed by atoms with Crippen LogP contribution in [0, 0.1) is 0 Å². The van der Waals surface area contributed by atoms with Crippen molar-refractivity contribution in [2.45, 2.75) is 32.8 Å². The van der Waals surface area contributed by atoms with Crippen molar-refractivity contribution in [1.82, 2.24) is 0 Å². The van der Waals surface area contributed by atoms with Gasteiger partial charge in [0.2, 0.25) is 0 Å². The van der Waals surface area contributed by atoms with E-state index >= 15 is 0 Å². The van der Waals surface area contributed by atoms with Gasteiger partial charge in [-0.05, 0) is 43.0 Å². The van der Waals surface area contributed by atoms with E-state index in [9.17, 15) is 4.79 Å². The Kier molecular flexibility index (Phi) is 6.49. The summed E-state index contributed by atoms with van der Waals surface area (Å²) in [6.07, 6.45) is 2.15. The van der Waals surface area contributed by atoms with Crippen LogP contribution >= 0.6 is 0 Å². The quantitative estimate of drug-likeness (QED) is 0.687. The normalized spacial score (nSPS) is 10.2. The third-order valence-electron chi connectivity index (χ3n) is 3.32. The summed E-state index contributed by atoms with van der Waals surface area (Å²) < 4.78 is 10.7. The molecule has 2 aromatic carbocycles. The molecule has 3 nitrogen and oxygen atoms in total. The number of esters is 1. The van der Waals surface area contributed by atoms with Crippen LogP contribution in [0.5, 0.6) is 5.75 Å². The lowest BCUT2D eigenvalue weighted by Crippen LogP contribution is -2.04. The van der Waals surface area contributed by atoms with Crippen LogP contribution in [-0.2, 0) is 22.6 Å². The summed E-state index contributed by atoms with van der Waals surface area (Å²) in [6, 6.07) is 18.1. The summed E-state index contributed by atoms with van der Waals surface area (Å²) in [6.45, 7) is 2.85. The number of hydrogen-bond acceptors (Lipinski definition) is 3.